The van der Waals surface area contributed by atoms with Crippen LogP contribution in [0.15, 0.2) is 18.2 Å². The van der Waals surface area contributed by atoms with Crippen LogP contribution in [0, 0.1) is 12.7 Å². The lowest BCUT2D eigenvalue weighted by atomic mass is 9.92. The topological polar surface area (TPSA) is 54.4 Å². The summed E-state index contributed by atoms with van der Waals surface area (Å²) in [6.07, 6.45) is 0.418. The number of hydrogen-bond acceptors (Lipinski definition) is 3. The smallest absolute Gasteiger partial charge is 0.153 e. The average molecular weight is 258 g/mol. The van der Waals surface area contributed by atoms with Crippen LogP contribution in [0.5, 0.6) is 0 Å². The van der Waals surface area contributed by atoms with Gasteiger partial charge in [0, 0.05) is 6.42 Å². The molecule has 1 aromatic rings. The average Bonchev–Trinajstić information content (AvgIpc) is 2.47. The molecule has 1 fully saturated rings. The minimum atomic E-state index is -3.14. The number of hydrogen-bond donors (Lipinski definition) is 1. The van der Waals surface area contributed by atoms with Crippen molar-refractivity contribution in [3.63, 3.8) is 0 Å². The lowest BCUT2D eigenvalue weighted by Gasteiger charge is -2.21. The maximum Gasteiger partial charge on any atom is 0.153 e. The third kappa shape index (κ3) is 2.84. The first-order chi connectivity index (χ1) is 7.80. The van der Waals surface area contributed by atoms with Gasteiger partial charge in [-0.15, -0.1) is 0 Å². The third-order valence-electron chi connectivity index (χ3n) is 3.20. The molecule has 1 heterocycles. The highest BCUT2D eigenvalue weighted by molar-refractivity contribution is 7.91. The highest BCUT2D eigenvalue weighted by Crippen LogP contribution is 2.28. The first-order valence-corrected chi connectivity index (χ1v) is 7.30. The Morgan fingerprint density at radius 3 is 2.76 bits per heavy atom. The second-order valence-electron chi connectivity index (χ2n) is 4.81. The maximum absolute atomic E-state index is 13.1. The third-order valence-corrected chi connectivity index (χ3v) is 5.00. The van der Waals surface area contributed by atoms with E-state index in [1.54, 1.807) is 6.07 Å². The molecule has 5 heteroatoms. The fourth-order valence-electron chi connectivity index (χ4n) is 2.22. The van der Waals surface area contributed by atoms with Gasteiger partial charge >= 0.3 is 0 Å². The van der Waals surface area contributed by atoms with E-state index in [0.717, 1.165) is 5.56 Å². The van der Waals surface area contributed by atoms with Gasteiger partial charge in [-0.3, -0.25) is 0 Å². The molecular weight excluding hydrogens is 243 g/mol. The molecule has 94 valence electrons. The number of rotatable bonds is 2. The summed E-state index contributed by atoms with van der Waals surface area (Å²) in [5, 5.41) is 10.2. The minimum absolute atomic E-state index is 0.0118. The van der Waals surface area contributed by atoms with Gasteiger partial charge in [-0.1, -0.05) is 6.07 Å². The van der Waals surface area contributed by atoms with Gasteiger partial charge in [-0.2, -0.15) is 0 Å². The summed E-state index contributed by atoms with van der Waals surface area (Å²) in [7, 11) is -3.14. The fourth-order valence-corrected chi connectivity index (χ4v) is 4.12. The van der Waals surface area contributed by atoms with Gasteiger partial charge in [-0.25, -0.2) is 12.8 Å². The lowest BCUT2D eigenvalue weighted by Crippen LogP contribution is -2.33. The normalized spacial score (nSPS) is 27.2. The number of sulfone groups is 1. The standard InChI is InChI=1S/C12H15FO3S/c1-9-2-3-11(13)6-10(9)7-12(14)4-5-17(15,16)8-12/h2-3,6,14H,4-5,7-8H2,1H3. The molecule has 0 aliphatic carbocycles. The van der Waals surface area contributed by atoms with Crippen molar-refractivity contribution < 1.29 is 17.9 Å². The molecule has 3 nitrogen and oxygen atoms in total. The zero-order valence-corrected chi connectivity index (χ0v) is 10.4. The van der Waals surface area contributed by atoms with E-state index in [9.17, 15) is 17.9 Å². The van der Waals surface area contributed by atoms with Gasteiger partial charge in [0.15, 0.2) is 9.84 Å². The lowest BCUT2D eigenvalue weighted by molar-refractivity contribution is 0.0679. The molecule has 0 saturated carbocycles. The van der Waals surface area contributed by atoms with Crippen molar-refractivity contribution in [2.24, 2.45) is 0 Å². The number of benzene rings is 1. The van der Waals surface area contributed by atoms with E-state index in [-0.39, 0.29) is 30.2 Å². The van der Waals surface area contributed by atoms with Crippen LogP contribution >= 0.6 is 0 Å². The van der Waals surface area contributed by atoms with Crippen molar-refractivity contribution >= 4 is 9.84 Å². The predicted octanol–water partition coefficient (Wildman–Crippen LogP) is 1.23. The fraction of sp³-hybridized carbons (Fsp3) is 0.500. The molecule has 0 amide bonds. The molecule has 1 aliphatic rings. The van der Waals surface area contributed by atoms with Gasteiger partial charge in [0.1, 0.15) is 5.82 Å². The molecule has 1 atom stereocenters. The van der Waals surface area contributed by atoms with Crippen molar-refractivity contribution in [2.75, 3.05) is 11.5 Å². The van der Waals surface area contributed by atoms with Crippen LogP contribution in [-0.4, -0.2) is 30.6 Å². The number of aryl methyl sites for hydroxylation is 1. The predicted molar refractivity (Wildman–Crippen MR) is 63.1 cm³/mol. The summed E-state index contributed by atoms with van der Waals surface area (Å²) in [5.41, 5.74) is 0.297. The molecule has 1 unspecified atom stereocenters. The van der Waals surface area contributed by atoms with Crippen molar-refractivity contribution in [3.8, 4) is 0 Å². The van der Waals surface area contributed by atoms with Gasteiger partial charge in [0.2, 0.25) is 0 Å². The number of halogens is 1. The highest BCUT2D eigenvalue weighted by Gasteiger charge is 2.40. The van der Waals surface area contributed by atoms with Crippen LogP contribution in [0.3, 0.4) is 0 Å². The quantitative estimate of drug-likeness (QED) is 0.868. The molecule has 17 heavy (non-hydrogen) atoms. The summed E-state index contributed by atoms with van der Waals surface area (Å²) >= 11 is 0. The van der Waals surface area contributed by atoms with Gasteiger partial charge in [-0.05, 0) is 36.6 Å². The summed E-state index contributed by atoms with van der Waals surface area (Å²) in [6, 6.07) is 4.35. The van der Waals surface area contributed by atoms with E-state index in [4.69, 9.17) is 0 Å². The monoisotopic (exact) mass is 258 g/mol. The second-order valence-corrected chi connectivity index (χ2v) is 7.00. The van der Waals surface area contributed by atoms with Crippen molar-refractivity contribution in [1.82, 2.24) is 0 Å². The number of aliphatic hydroxyl groups is 1. The van der Waals surface area contributed by atoms with Crippen LogP contribution in [0.4, 0.5) is 4.39 Å². The molecule has 1 N–H and O–H groups in total. The van der Waals surface area contributed by atoms with Crippen LogP contribution in [-0.2, 0) is 16.3 Å². The zero-order chi connectivity index (χ0) is 12.7. The Balaban J connectivity index is 2.24. The van der Waals surface area contributed by atoms with Gasteiger partial charge < -0.3 is 5.11 Å². The van der Waals surface area contributed by atoms with Crippen LogP contribution in [0.2, 0.25) is 0 Å². The molecule has 1 aromatic carbocycles. The molecule has 0 radical (unpaired) electrons. The van der Waals surface area contributed by atoms with Crippen molar-refractivity contribution in [3.05, 3.63) is 35.1 Å². The summed E-state index contributed by atoms with van der Waals surface area (Å²) in [4.78, 5) is 0. The Kier molecular flexibility index (Phi) is 2.99. The van der Waals surface area contributed by atoms with Crippen molar-refractivity contribution in [1.29, 1.82) is 0 Å². The summed E-state index contributed by atoms with van der Waals surface area (Å²) in [5.74, 6) is -0.580. The van der Waals surface area contributed by atoms with E-state index >= 15 is 0 Å². The minimum Gasteiger partial charge on any atom is -0.388 e. The van der Waals surface area contributed by atoms with Crippen molar-refractivity contribution in [2.45, 2.75) is 25.4 Å². The van der Waals surface area contributed by atoms with Crippen LogP contribution in [0.1, 0.15) is 17.5 Å². The Bertz CT molecular complexity index is 539. The van der Waals surface area contributed by atoms with E-state index in [2.05, 4.69) is 0 Å². The largest absolute Gasteiger partial charge is 0.388 e. The zero-order valence-electron chi connectivity index (χ0n) is 9.61. The van der Waals surface area contributed by atoms with Crippen LogP contribution in [0.25, 0.3) is 0 Å². The second kappa shape index (κ2) is 4.07. The van der Waals surface area contributed by atoms with E-state index in [1.807, 2.05) is 6.92 Å². The molecule has 1 aliphatic heterocycles. The highest BCUT2D eigenvalue weighted by atomic mass is 32.2. The van der Waals surface area contributed by atoms with Gasteiger partial charge in [0.25, 0.3) is 0 Å². The van der Waals surface area contributed by atoms with E-state index in [0.29, 0.717) is 5.56 Å². The molecule has 0 bridgehead atoms. The first-order valence-electron chi connectivity index (χ1n) is 5.48. The Morgan fingerprint density at radius 1 is 1.47 bits per heavy atom. The molecular formula is C12H15FO3S. The summed E-state index contributed by atoms with van der Waals surface area (Å²) < 4.78 is 35.8. The Hall–Kier alpha value is -0.940. The first kappa shape index (κ1) is 12.5. The SMILES string of the molecule is Cc1ccc(F)cc1CC1(O)CCS(=O)(=O)C1. The Morgan fingerprint density at radius 2 is 2.18 bits per heavy atom. The summed E-state index contributed by atoms with van der Waals surface area (Å²) in [6.45, 7) is 1.82. The molecule has 1 saturated heterocycles. The maximum atomic E-state index is 13.1. The van der Waals surface area contributed by atoms with E-state index in [1.165, 1.54) is 12.1 Å². The van der Waals surface area contributed by atoms with Gasteiger partial charge in [0.05, 0.1) is 17.1 Å². The molecule has 0 aromatic heterocycles. The molecule has 2 rings (SSSR count). The van der Waals surface area contributed by atoms with E-state index < -0.39 is 15.4 Å². The Labute approximate surface area is 100 Å². The van der Waals surface area contributed by atoms with Crippen LogP contribution < -0.4 is 0 Å². The molecule has 0 spiro atoms.